The Hall–Kier alpha value is -2.20. The van der Waals surface area contributed by atoms with Crippen molar-refractivity contribution in [2.24, 2.45) is 11.5 Å². The summed E-state index contributed by atoms with van der Waals surface area (Å²) in [5, 5.41) is 1.86. The zero-order valence-corrected chi connectivity index (χ0v) is 25.6. The van der Waals surface area contributed by atoms with Crippen LogP contribution in [0.5, 0.6) is 0 Å². The van der Waals surface area contributed by atoms with E-state index in [2.05, 4.69) is 64.4 Å². The van der Waals surface area contributed by atoms with Crippen molar-refractivity contribution in [1.82, 2.24) is 14.3 Å². The topological polar surface area (TPSA) is 155 Å². The Morgan fingerprint density at radius 1 is 0.946 bits per heavy atom. The highest BCUT2D eigenvalue weighted by Gasteiger charge is 2.22. The summed E-state index contributed by atoms with van der Waals surface area (Å²) in [4.78, 5) is 29.0. The molecule has 1 aliphatic heterocycles. The number of benzene rings is 2. The number of aromatic nitrogens is 2. The van der Waals surface area contributed by atoms with E-state index in [9.17, 15) is 18.0 Å². The molecule has 4 aromatic rings. The molecule has 6 N–H and O–H groups in total. The molecule has 2 aromatic carbocycles. The predicted octanol–water partition coefficient (Wildman–Crippen LogP) is 4.71. The second kappa shape index (κ2) is 10.9. The maximum atomic E-state index is 11.6. The number of rotatable bonds is 4. The number of nitrogens with zero attached hydrogens (tertiary/aromatic N) is 1. The van der Waals surface area contributed by atoms with Crippen molar-refractivity contribution in [3.8, 4) is 0 Å². The lowest BCUT2D eigenvalue weighted by molar-refractivity contribution is 0.0993. The van der Waals surface area contributed by atoms with Crippen molar-refractivity contribution >= 4 is 104 Å². The molecule has 0 fully saturated rings. The predicted molar refractivity (Wildman–Crippen MR) is 161 cm³/mol. The molecule has 0 spiro atoms. The second-order valence-electron chi connectivity index (χ2n) is 8.40. The third-order valence-electron chi connectivity index (χ3n) is 5.97. The number of hydrogen-bond donors (Lipinski definition) is 4. The summed E-state index contributed by atoms with van der Waals surface area (Å²) in [7, 11) is -3.17. The summed E-state index contributed by atoms with van der Waals surface area (Å²) in [5.41, 5.74) is 15.0. The second-order valence-corrected chi connectivity index (χ2v) is 13.2. The van der Waals surface area contributed by atoms with Crippen LogP contribution in [0.2, 0.25) is 0 Å². The van der Waals surface area contributed by atoms with Crippen molar-refractivity contribution in [2.45, 2.75) is 6.42 Å². The van der Waals surface area contributed by atoms with Gasteiger partial charge in [-0.15, -0.1) is 0 Å². The lowest BCUT2D eigenvalue weighted by Gasteiger charge is -2.23. The highest BCUT2D eigenvalue weighted by atomic mass is 127. The molecule has 3 heterocycles. The van der Waals surface area contributed by atoms with E-state index in [4.69, 9.17) is 11.5 Å². The molecule has 2 aromatic heterocycles. The summed E-state index contributed by atoms with van der Waals surface area (Å²) in [5.74, 6) is -0.905. The van der Waals surface area contributed by atoms with Gasteiger partial charge in [0.1, 0.15) is 0 Å². The largest absolute Gasteiger partial charge is 0.366 e. The van der Waals surface area contributed by atoms with Gasteiger partial charge in [-0.3, -0.25) is 9.59 Å². The van der Waals surface area contributed by atoms with Crippen molar-refractivity contribution in [1.29, 1.82) is 0 Å². The average Bonchev–Trinajstić information content (AvgIpc) is 3.44. The number of carbonyl (C=O) groups is 2. The molecular weight excluding hydrogens is 741 g/mol. The third-order valence-corrected chi connectivity index (χ3v) is 9.20. The van der Waals surface area contributed by atoms with Crippen LogP contribution >= 0.6 is 54.5 Å². The summed E-state index contributed by atoms with van der Waals surface area (Å²) < 4.78 is 27.4. The minimum absolute atomic E-state index is 0.355. The van der Waals surface area contributed by atoms with Crippen molar-refractivity contribution < 1.29 is 18.0 Å². The number of amides is 2. The van der Waals surface area contributed by atoms with Gasteiger partial charge in [-0.25, -0.2) is 8.42 Å². The first kappa shape index (κ1) is 27.8. The van der Waals surface area contributed by atoms with Crippen LogP contribution in [-0.4, -0.2) is 53.9 Å². The van der Waals surface area contributed by atoms with E-state index in [0.29, 0.717) is 36.2 Å². The normalized spacial score (nSPS) is 14.3. The van der Waals surface area contributed by atoms with Gasteiger partial charge in [0, 0.05) is 38.5 Å². The molecule has 0 unspecified atom stereocenters. The van der Waals surface area contributed by atoms with Crippen molar-refractivity contribution in [3.63, 3.8) is 0 Å². The third kappa shape index (κ3) is 5.95. The van der Waals surface area contributed by atoms with Gasteiger partial charge in [0.2, 0.25) is 10.0 Å². The fourth-order valence-corrected chi connectivity index (χ4v) is 6.36. The standard InChI is InChI=1S/C15H16BrN3O3S.C9H6BrIN2O/c1-23(21,22)19-6-4-9(5-7-19)13-8-11-12(16)3-2-10(15(17)20)14(11)18-13;10-6-2-1-4(9(12)14)8-5(6)3-7(11)13-8/h2-4,8,18H,5-7H2,1H3,(H2,17,20);1-3,13H,(H2,12,14). The van der Waals surface area contributed by atoms with Gasteiger partial charge < -0.3 is 21.4 Å². The Morgan fingerprint density at radius 3 is 1.97 bits per heavy atom. The van der Waals surface area contributed by atoms with Crippen LogP contribution in [-0.2, 0) is 10.0 Å². The van der Waals surface area contributed by atoms with Gasteiger partial charge in [-0.1, -0.05) is 37.9 Å². The zero-order chi connectivity index (χ0) is 27.1. The van der Waals surface area contributed by atoms with Crippen LogP contribution in [0.4, 0.5) is 0 Å². The molecule has 5 rings (SSSR count). The van der Waals surface area contributed by atoms with Crippen LogP contribution in [0.15, 0.2) is 51.4 Å². The molecule has 0 saturated heterocycles. The summed E-state index contributed by atoms with van der Waals surface area (Å²) in [6.45, 7) is 0.803. The van der Waals surface area contributed by atoms with Crippen molar-refractivity contribution in [2.75, 3.05) is 19.3 Å². The summed E-state index contributed by atoms with van der Waals surface area (Å²) >= 11 is 9.05. The number of nitrogens with one attached hydrogen (secondary N) is 2. The molecular formula is C24H22Br2IN5O4S. The molecule has 0 bridgehead atoms. The molecule has 0 aliphatic carbocycles. The molecule has 0 saturated carbocycles. The zero-order valence-electron chi connectivity index (χ0n) is 19.4. The van der Waals surface area contributed by atoms with E-state index in [0.717, 1.165) is 40.2 Å². The van der Waals surface area contributed by atoms with Gasteiger partial charge in [0.15, 0.2) is 0 Å². The number of H-pyrrole nitrogens is 2. The first-order chi connectivity index (χ1) is 17.4. The lowest BCUT2D eigenvalue weighted by atomic mass is 10.1. The number of nitrogens with two attached hydrogens (primary N) is 2. The van der Waals surface area contributed by atoms with E-state index >= 15 is 0 Å². The number of aromatic amines is 2. The summed E-state index contributed by atoms with van der Waals surface area (Å²) in [6, 6.07) is 10.9. The molecule has 37 heavy (non-hydrogen) atoms. The molecule has 0 atom stereocenters. The van der Waals surface area contributed by atoms with Crippen LogP contribution in [0.3, 0.4) is 0 Å². The number of halogens is 3. The number of carbonyl (C=O) groups excluding carboxylic acids is 2. The number of hydrogen-bond acceptors (Lipinski definition) is 4. The average molecular weight is 763 g/mol. The van der Waals surface area contributed by atoms with Crippen LogP contribution in [0.25, 0.3) is 27.4 Å². The van der Waals surface area contributed by atoms with Gasteiger partial charge in [0.05, 0.1) is 32.1 Å². The summed E-state index contributed by atoms with van der Waals surface area (Å²) in [6.07, 6.45) is 3.72. The highest BCUT2D eigenvalue weighted by molar-refractivity contribution is 14.1. The SMILES string of the molecule is CS(=O)(=O)N1CC=C(c2cc3c(Br)ccc(C(N)=O)c3[nH]2)CC1.NC(=O)c1ccc(Br)c2cc(I)[nH]c12. The van der Waals surface area contributed by atoms with Crippen LogP contribution < -0.4 is 11.5 Å². The van der Waals surface area contributed by atoms with Gasteiger partial charge >= 0.3 is 0 Å². The monoisotopic (exact) mass is 761 g/mol. The highest BCUT2D eigenvalue weighted by Crippen LogP contribution is 2.32. The van der Waals surface area contributed by atoms with Gasteiger partial charge in [0.25, 0.3) is 11.8 Å². The van der Waals surface area contributed by atoms with Gasteiger partial charge in [-0.2, -0.15) is 4.31 Å². The number of sulfonamides is 1. The molecule has 13 heteroatoms. The van der Waals surface area contributed by atoms with Crippen molar-refractivity contribution in [3.05, 3.63) is 71.9 Å². The van der Waals surface area contributed by atoms with E-state index in [1.807, 2.05) is 24.3 Å². The maximum Gasteiger partial charge on any atom is 0.250 e. The Labute approximate surface area is 243 Å². The molecule has 2 amide bonds. The fraction of sp³-hybridized carbons (Fsp3) is 0.167. The minimum Gasteiger partial charge on any atom is -0.366 e. The molecule has 9 nitrogen and oxygen atoms in total. The molecule has 1 aliphatic rings. The van der Waals surface area contributed by atoms with E-state index in [1.54, 1.807) is 18.2 Å². The molecule has 194 valence electrons. The van der Waals surface area contributed by atoms with E-state index < -0.39 is 21.8 Å². The Balaban J connectivity index is 0.000000195. The smallest absolute Gasteiger partial charge is 0.250 e. The lowest BCUT2D eigenvalue weighted by Crippen LogP contribution is -2.33. The first-order valence-electron chi connectivity index (χ1n) is 10.9. The van der Waals surface area contributed by atoms with E-state index in [1.165, 1.54) is 10.6 Å². The fourth-order valence-electron chi connectivity index (χ4n) is 4.12. The quantitative estimate of drug-likeness (QED) is 0.223. The Bertz CT molecular complexity index is 1690. The Morgan fingerprint density at radius 2 is 1.49 bits per heavy atom. The van der Waals surface area contributed by atoms with E-state index in [-0.39, 0.29) is 0 Å². The number of fused-ring (bicyclic) bond motifs is 2. The molecule has 0 radical (unpaired) electrons. The van der Waals surface area contributed by atoms with Crippen LogP contribution in [0, 0.1) is 3.70 Å². The first-order valence-corrected chi connectivity index (χ1v) is 15.4. The van der Waals surface area contributed by atoms with Gasteiger partial charge in [-0.05, 0) is 71.0 Å². The van der Waals surface area contributed by atoms with Crippen LogP contribution in [0.1, 0.15) is 32.8 Å². The Kier molecular flexibility index (Phi) is 8.19. The number of primary amides is 2. The minimum atomic E-state index is -3.17. The maximum absolute atomic E-state index is 11.6.